The van der Waals surface area contributed by atoms with E-state index in [-0.39, 0.29) is 23.9 Å². The van der Waals surface area contributed by atoms with Crippen LogP contribution in [0.1, 0.15) is 31.2 Å². The lowest BCUT2D eigenvalue weighted by atomic mass is 10.2. The van der Waals surface area contributed by atoms with Crippen LogP contribution in [-0.4, -0.2) is 49.1 Å². The van der Waals surface area contributed by atoms with Gasteiger partial charge in [0.15, 0.2) is 0 Å². The summed E-state index contributed by atoms with van der Waals surface area (Å²) in [5.41, 5.74) is 1.24. The Morgan fingerprint density at radius 2 is 2.07 bits per heavy atom. The highest BCUT2D eigenvalue weighted by Crippen LogP contribution is 2.17. The van der Waals surface area contributed by atoms with E-state index in [1.807, 2.05) is 72.4 Å². The maximum absolute atomic E-state index is 13.0. The van der Waals surface area contributed by atoms with Crippen molar-refractivity contribution >= 4 is 40.1 Å². The fourth-order valence-electron chi connectivity index (χ4n) is 2.89. The molecule has 0 bridgehead atoms. The summed E-state index contributed by atoms with van der Waals surface area (Å²) < 4.78 is 4.43. The van der Waals surface area contributed by atoms with Gasteiger partial charge in [-0.3, -0.25) is 14.0 Å². The Morgan fingerprint density at radius 1 is 1.32 bits per heavy atom. The van der Waals surface area contributed by atoms with Crippen LogP contribution in [0.3, 0.4) is 0 Å². The Kier molecular flexibility index (Phi) is 6.08. The molecule has 1 amide bonds. The molecule has 0 atom stereocenters. The van der Waals surface area contributed by atoms with Crippen molar-refractivity contribution in [3.05, 3.63) is 52.6 Å². The minimum atomic E-state index is -0.298. The highest BCUT2D eigenvalue weighted by Gasteiger charge is 2.20. The molecule has 28 heavy (non-hydrogen) atoms. The Balaban J connectivity index is 2.00. The van der Waals surface area contributed by atoms with Gasteiger partial charge in [0, 0.05) is 30.9 Å². The first kappa shape index (κ1) is 20.4. The van der Waals surface area contributed by atoms with E-state index in [0.29, 0.717) is 17.9 Å². The maximum atomic E-state index is 13.0. The first-order valence-corrected chi connectivity index (χ1v) is 9.76. The third kappa shape index (κ3) is 4.22. The number of hydrogen-bond donors (Lipinski definition) is 0. The number of halogens is 1. The minimum absolute atomic E-state index is 0.0848. The summed E-state index contributed by atoms with van der Waals surface area (Å²) in [6, 6.07) is 3.49. The molecule has 0 saturated carbocycles. The molecule has 3 aromatic heterocycles. The summed E-state index contributed by atoms with van der Waals surface area (Å²) in [6.07, 6.45) is 4.87. The van der Waals surface area contributed by atoms with Gasteiger partial charge in [-0.2, -0.15) is 5.10 Å². The number of fused-ring (bicyclic) bond motifs is 1. The topological polar surface area (TPSA) is 88.6 Å². The number of amides is 1. The van der Waals surface area contributed by atoms with Crippen molar-refractivity contribution in [3.63, 3.8) is 0 Å². The molecule has 0 N–H and O–H groups in total. The van der Waals surface area contributed by atoms with Gasteiger partial charge in [0.2, 0.25) is 0 Å². The van der Waals surface area contributed by atoms with Gasteiger partial charge in [0.25, 0.3) is 11.5 Å². The standard InChI is InChI=1S/C18H22IN7O2/c1-12(2)17-22-25(10-16(27)26(19)15-5-6-20-11-21-15)18(28)14-7-13(8-23(3)4)9-24(14)17/h5-7,9,11-12H,8,10H2,1-4H3. The normalized spacial score (nSPS) is 11.5. The lowest BCUT2D eigenvalue weighted by Crippen LogP contribution is -2.34. The lowest BCUT2D eigenvalue weighted by Gasteiger charge is -2.15. The zero-order chi connectivity index (χ0) is 20.4. The molecular weight excluding hydrogens is 473 g/mol. The van der Waals surface area contributed by atoms with Crippen LogP contribution in [0.4, 0.5) is 5.82 Å². The molecule has 3 aromatic rings. The van der Waals surface area contributed by atoms with E-state index in [0.717, 1.165) is 11.4 Å². The van der Waals surface area contributed by atoms with E-state index in [1.165, 1.54) is 14.1 Å². The Labute approximate surface area is 176 Å². The van der Waals surface area contributed by atoms with E-state index in [4.69, 9.17) is 0 Å². The van der Waals surface area contributed by atoms with Gasteiger partial charge in [-0.15, -0.1) is 0 Å². The number of hydrogen-bond acceptors (Lipinski definition) is 6. The summed E-state index contributed by atoms with van der Waals surface area (Å²) in [7, 11) is 3.95. The first-order chi connectivity index (χ1) is 13.3. The molecule has 9 nitrogen and oxygen atoms in total. The van der Waals surface area contributed by atoms with Crippen LogP contribution in [0.2, 0.25) is 0 Å². The smallest absolute Gasteiger partial charge is 0.291 e. The number of anilines is 1. The molecule has 0 spiro atoms. The van der Waals surface area contributed by atoms with Crippen molar-refractivity contribution in [3.8, 4) is 0 Å². The zero-order valence-electron chi connectivity index (χ0n) is 16.2. The van der Waals surface area contributed by atoms with E-state index >= 15 is 0 Å². The number of nitrogens with zero attached hydrogens (tertiary/aromatic N) is 7. The van der Waals surface area contributed by atoms with E-state index in [1.54, 1.807) is 12.3 Å². The third-order valence-corrected chi connectivity index (χ3v) is 5.12. The van der Waals surface area contributed by atoms with Crippen molar-refractivity contribution in [2.45, 2.75) is 32.9 Å². The highest BCUT2D eigenvalue weighted by molar-refractivity contribution is 14.1. The van der Waals surface area contributed by atoms with Crippen molar-refractivity contribution < 1.29 is 4.79 Å². The van der Waals surface area contributed by atoms with Gasteiger partial charge >= 0.3 is 0 Å². The second-order valence-electron chi connectivity index (χ2n) is 7.06. The Morgan fingerprint density at radius 3 is 2.68 bits per heavy atom. The largest absolute Gasteiger partial charge is 0.305 e. The molecule has 10 heteroatoms. The average molecular weight is 495 g/mol. The van der Waals surface area contributed by atoms with Gasteiger partial charge in [-0.05, 0) is 25.7 Å². The van der Waals surface area contributed by atoms with Crippen LogP contribution >= 0.6 is 22.9 Å². The summed E-state index contributed by atoms with van der Waals surface area (Å²) in [5.74, 6) is 0.971. The Bertz CT molecular complexity index is 1040. The fourth-order valence-corrected chi connectivity index (χ4v) is 3.33. The van der Waals surface area contributed by atoms with Crippen LogP contribution < -0.4 is 8.67 Å². The summed E-state index contributed by atoms with van der Waals surface area (Å²) in [4.78, 5) is 35.6. The Hall–Kier alpha value is -2.34. The van der Waals surface area contributed by atoms with Gasteiger partial charge in [0.05, 0.1) is 22.9 Å². The molecule has 0 saturated heterocycles. The highest BCUT2D eigenvalue weighted by atomic mass is 127. The first-order valence-electron chi connectivity index (χ1n) is 8.79. The quantitative estimate of drug-likeness (QED) is 0.383. The van der Waals surface area contributed by atoms with Crippen LogP contribution in [0.15, 0.2) is 35.6 Å². The fraction of sp³-hybridized carbons (Fsp3) is 0.389. The predicted molar refractivity (Wildman–Crippen MR) is 114 cm³/mol. The number of rotatable bonds is 6. The van der Waals surface area contributed by atoms with Gasteiger partial charge in [-0.25, -0.2) is 17.8 Å². The van der Waals surface area contributed by atoms with Crippen LogP contribution in [0.25, 0.3) is 5.52 Å². The zero-order valence-corrected chi connectivity index (χ0v) is 18.4. The predicted octanol–water partition coefficient (Wildman–Crippen LogP) is 1.85. The maximum Gasteiger partial charge on any atom is 0.291 e. The molecule has 0 aliphatic rings. The van der Waals surface area contributed by atoms with Crippen molar-refractivity contribution in [1.82, 2.24) is 29.0 Å². The molecule has 3 rings (SSSR count). The monoisotopic (exact) mass is 495 g/mol. The molecule has 0 aliphatic heterocycles. The van der Waals surface area contributed by atoms with E-state index in [2.05, 4.69) is 15.1 Å². The lowest BCUT2D eigenvalue weighted by molar-refractivity contribution is -0.117. The summed E-state index contributed by atoms with van der Waals surface area (Å²) in [5, 5.41) is 4.48. The number of carbonyl (C=O) groups is 1. The number of carbonyl (C=O) groups excluding carboxylic acids is 1. The number of aromatic nitrogens is 5. The van der Waals surface area contributed by atoms with Crippen LogP contribution in [0, 0.1) is 0 Å². The molecule has 0 aromatic carbocycles. The van der Waals surface area contributed by atoms with Gasteiger partial charge in [0.1, 0.15) is 30.0 Å². The van der Waals surface area contributed by atoms with E-state index in [9.17, 15) is 9.59 Å². The van der Waals surface area contributed by atoms with E-state index < -0.39 is 0 Å². The third-order valence-electron chi connectivity index (χ3n) is 4.09. The molecule has 0 unspecified atom stereocenters. The SMILES string of the molecule is CC(C)c1nn(CC(=O)N(I)c2ccncn2)c(=O)c2cc(CN(C)C)cn12. The van der Waals surface area contributed by atoms with Crippen LogP contribution in [-0.2, 0) is 17.9 Å². The minimum Gasteiger partial charge on any atom is -0.305 e. The van der Waals surface area contributed by atoms with Crippen molar-refractivity contribution in [1.29, 1.82) is 0 Å². The van der Waals surface area contributed by atoms with Crippen LogP contribution in [0.5, 0.6) is 0 Å². The van der Waals surface area contributed by atoms with Crippen molar-refractivity contribution in [2.75, 3.05) is 17.2 Å². The van der Waals surface area contributed by atoms with Gasteiger partial charge < -0.3 is 4.90 Å². The molecule has 0 radical (unpaired) electrons. The molecule has 3 heterocycles. The molecule has 148 valence electrons. The molecule has 0 fully saturated rings. The molecular formula is C18H22IN7O2. The summed E-state index contributed by atoms with van der Waals surface area (Å²) in [6.45, 7) is 4.56. The average Bonchev–Trinajstić information content (AvgIpc) is 3.06. The van der Waals surface area contributed by atoms with Crippen molar-refractivity contribution in [2.24, 2.45) is 0 Å². The second-order valence-corrected chi connectivity index (χ2v) is 8.02. The van der Waals surface area contributed by atoms with Gasteiger partial charge in [-0.1, -0.05) is 13.8 Å². The molecule has 0 aliphatic carbocycles. The second kappa shape index (κ2) is 8.35. The summed E-state index contributed by atoms with van der Waals surface area (Å²) >= 11 is 1.87.